The van der Waals surface area contributed by atoms with Crippen LogP contribution in [0.25, 0.3) is 0 Å². The summed E-state index contributed by atoms with van der Waals surface area (Å²) in [7, 11) is 0. The van der Waals surface area contributed by atoms with E-state index in [2.05, 4.69) is 85.8 Å². The van der Waals surface area contributed by atoms with Gasteiger partial charge in [0, 0.05) is 42.0 Å². The maximum atomic E-state index is 13.1. The lowest BCUT2D eigenvalue weighted by molar-refractivity contribution is -0.145. The summed E-state index contributed by atoms with van der Waals surface area (Å²) in [6.45, 7) is 21.6. The Bertz CT molecular complexity index is 1590. The molecule has 1 heterocycles. The fourth-order valence-corrected chi connectivity index (χ4v) is 6.79. The third-order valence-corrected chi connectivity index (χ3v) is 9.90. The third kappa shape index (κ3) is 8.21. The fraction of sp³-hybridized carbons (Fsp3) is 0.513. The number of benzene rings is 3. The number of ether oxygens (including phenoxy) is 1. The number of nitrogens with one attached hydrogen (secondary N) is 1. The van der Waals surface area contributed by atoms with Crippen LogP contribution in [0.1, 0.15) is 119 Å². The molecule has 0 amide bonds. The van der Waals surface area contributed by atoms with Gasteiger partial charge in [-0.15, -0.1) is 0 Å². The Kier molecular flexibility index (Phi) is 10.5. The lowest BCUT2D eigenvalue weighted by Gasteiger charge is -2.25. The fourth-order valence-electron chi connectivity index (χ4n) is 5.75. The van der Waals surface area contributed by atoms with Crippen LogP contribution in [0.2, 0.25) is 0 Å². The van der Waals surface area contributed by atoms with Gasteiger partial charge in [-0.05, 0) is 62.1 Å². The van der Waals surface area contributed by atoms with E-state index in [9.17, 15) is 20.1 Å². The van der Waals surface area contributed by atoms with E-state index in [1.807, 2.05) is 18.2 Å². The zero-order valence-corrected chi connectivity index (χ0v) is 30.2. The topological polar surface area (TPSA) is 99.0 Å². The molecule has 6 bridgehead atoms. The summed E-state index contributed by atoms with van der Waals surface area (Å²) in [6, 6.07) is 11.6. The summed E-state index contributed by atoms with van der Waals surface area (Å²) in [5, 5.41) is 38.4. The van der Waals surface area contributed by atoms with Gasteiger partial charge in [0.15, 0.2) is 0 Å². The van der Waals surface area contributed by atoms with Gasteiger partial charge in [-0.2, -0.15) is 11.8 Å². The number of hydrogen-bond donors (Lipinski definition) is 4. The highest BCUT2D eigenvalue weighted by Gasteiger charge is 2.27. The molecule has 0 aliphatic carbocycles. The zero-order valence-electron chi connectivity index (χ0n) is 29.4. The van der Waals surface area contributed by atoms with E-state index in [-0.39, 0.29) is 52.6 Å². The predicted molar refractivity (Wildman–Crippen MR) is 189 cm³/mol. The predicted octanol–water partition coefficient (Wildman–Crippen LogP) is 8.15. The maximum absolute atomic E-state index is 13.1. The van der Waals surface area contributed by atoms with E-state index < -0.39 is 6.04 Å². The Morgan fingerprint density at radius 2 is 1.07 bits per heavy atom. The number of esters is 1. The summed E-state index contributed by atoms with van der Waals surface area (Å²) >= 11 is 1.55. The van der Waals surface area contributed by atoms with Crippen molar-refractivity contribution in [3.63, 3.8) is 0 Å². The highest BCUT2D eigenvalue weighted by Crippen LogP contribution is 2.40. The van der Waals surface area contributed by atoms with Crippen LogP contribution >= 0.6 is 11.8 Å². The van der Waals surface area contributed by atoms with Crippen LogP contribution in [0, 0.1) is 0 Å². The molecule has 4 rings (SSSR count). The number of rotatable bonds is 2. The lowest BCUT2D eigenvalue weighted by Crippen LogP contribution is -2.40. The van der Waals surface area contributed by atoms with Crippen molar-refractivity contribution in [3.8, 4) is 17.2 Å². The van der Waals surface area contributed by atoms with Crippen molar-refractivity contribution in [2.75, 3.05) is 12.4 Å². The standard InChI is InChI=1S/C39H53NO5S/c1-11-45-36(44)32-22-46-21-28-19-31(39(8,9)10)17-26(35(28)43)13-24-15-29(37(2,3)4)14-23(33(24)41)12-25-16-30(38(5,6)7)18-27(20-40-32)34(25)42/h14-19,32,40-43H,11-13,20-22H2,1-10H3/t32-/m1/s1. The number of phenolic OH excluding ortho intramolecular Hbond substituents is 3. The molecule has 6 nitrogen and oxygen atoms in total. The van der Waals surface area contributed by atoms with Gasteiger partial charge in [-0.1, -0.05) is 98.7 Å². The van der Waals surface area contributed by atoms with Crippen LogP contribution in [0.4, 0.5) is 0 Å². The molecule has 46 heavy (non-hydrogen) atoms. The monoisotopic (exact) mass is 647 g/mol. The maximum Gasteiger partial charge on any atom is 0.323 e. The van der Waals surface area contributed by atoms with Crippen molar-refractivity contribution in [2.24, 2.45) is 0 Å². The summed E-state index contributed by atoms with van der Waals surface area (Å²) in [5.41, 5.74) is 7.07. The minimum atomic E-state index is -0.609. The zero-order chi connectivity index (χ0) is 34.2. The van der Waals surface area contributed by atoms with Crippen molar-refractivity contribution < 1.29 is 24.9 Å². The Hall–Kier alpha value is -3.16. The minimum absolute atomic E-state index is 0.154. The van der Waals surface area contributed by atoms with E-state index in [4.69, 9.17) is 4.74 Å². The summed E-state index contributed by atoms with van der Waals surface area (Å²) in [5.74, 6) is 1.12. The number of hydrogen-bond acceptors (Lipinski definition) is 7. The van der Waals surface area contributed by atoms with Gasteiger partial charge in [-0.3, -0.25) is 10.1 Å². The molecule has 1 aliphatic rings. The van der Waals surface area contributed by atoms with Crippen molar-refractivity contribution in [1.29, 1.82) is 0 Å². The van der Waals surface area contributed by atoms with Crippen molar-refractivity contribution in [3.05, 3.63) is 86.5 Å². The van der Waals surface area contributed by atoms with Crippen LogP contribution in [-0.2, 0) is 50.9 Å². The Morgan fingerprint density at radius 3 is 1.48 bits per heavy atom. The molecule has 3 aromatic rings. The van der Waals surface area contributed by atoms with Crippen LogP contribution in [-0.4, -0.2) is 39.7 Å². The third-order valence-electron chi connectivity index (χ3n) is 8.82. The molecule has 0 fully saturated rings. The molecular formula is C39H53NO5S. The van der Waals surface area contributed by atoms with Crippen LogP contribution in [0.5, 0.6) is 17.2 Å². The first-order valence-corrected chi connectivity index (χ1v) is 17.5. The lowest BCUT2D eigenvalue weighted by atomic mass is 9.81. The van der Waals surface area contributed by atoms with Gasteiger partial charge in [0.25, 0.3) is 0 Å². The molecule has 0 spiro atoms. The second-order valence-corrected chi connectivity index (χ2v) is 16.8. The first-order chi connectivity index (χ1) is 21.3. The molecular weight excluding hydrogens is 594 g/mol. The first kappa shape index (κ1) is 35.7. The average molecular weight is 648 g/mol. The van der Waals surface area contributed by atoms with Gasteiger partial charge >= 0.3 is 5.97 Å². The molecule has 0 unspecified atom stereocenters. The number of carbonyl (C=O) groups is 1. The number of thioether (sulfide) groups is 1. The van der Waals surface area contributed by atoms with Crippen molar-refractivity contribution in [1.82, 2.24) is 5.32 Å². The molecule has 0 aromatic heterocycles. The van der Waals surface area contributed by atoms with Crippen LogP contribution in [0.3, 0.4) is 0 Å². The molecule has 3 aromatic carbocycles. The Balaban J connectivity index is 1.97. The molecule has 0 saturated carbocycles. The van der Waals surface area contributed by atoms with E-state index in [1.165, 1.54) is 0 Å². The normalized spacial score (nSPS) is 16.5. The van der Waals surface area contributed by atoms with E-state index in [0.717, 1.165) is 38.9 Å². The molecule has 250 valence electrons. The van der Waals surface area contributed by atoms with E-state index in [0.29, 0.717) is 35.5 Å². The minimum Gasteiger partial charge on any atom is -0.507 e. The first-order valence-electron chi connectivity index (χ1n) is 16.3. The van der Waals surface area contributed by atoms with Gasteiger partial charge in [-0.25, -0.2) is 0 Å². The number of aromatic hydroxyl groups is 3. The van der Waals surface area contributed by atoms with Crippen LogP contribution in [0.15, 0.2) is 36.4 Å². The van der Waals surface area contributed by atoms with Gasteiger partial charge in [0.05, 0.1) is 6.61 Å². The smallest absolute Gasteiger partial charge is 0.323 e. The number of carbonyl (C=O) groups excluding carboxylic acids is 1. The van der Waals surface area contributed by atoms with Gasteiger partial charge in [0.1, 0.15) is 23.3 Å². The Morgan fingerprint density at radius 1 is 0.696 bits per heavy atom. The summed E-state index contributed by atoms with van der Waals surface area (Å²) in [6.07, 6.45) is 0.671. The second-order valence-electron chi connectivity index (χ2n) is 15.7. The van der Waals surface area contributed by atoms with Gasteiger partial charge in [0.2, 0.25) is 0 Å². The average Bonchev–Trinajstić information content (AvgIpc) is 2.93. The molecule has 4 N–H and O–H groups in total. The molecule has 0 saturated heterocycles. The molecule has 1 atom stereocenters. The molecule has 0 radical (unpaired) electrons. The van der Waals surface area contributed by atoms with Gasteiger partial charge < -0.3 is 20.1 Å². The summed E-state index contributed by atoms with van der Waals surface area (Å²) < 4.78 is 5.42. The highest BCUT2D eigenvalue weighted by molar-refractivity contribution is 7.98. The Labute approximate surface area is 280 Å². The largest absolute Gasteiger partial charge is 0.507 e. The van der Waals surface area contributed by atoms with Crippen LogP contribution < -0.4 is 5.32 Å². The second kappa shape index (κ2) is 13.5. The van der Waals surface area contributed by atoms with Crippen molar-refractivity contribution in [2.45, 2.75) is 117 Å². The number of fused-ring (bicyclic) bond motifs is 6. The quantitative estimate of drug-likeness (QED) is 0.208. The van der Waals surface area contributed by atoms with E-state index >= 15 is 0 Å². The van der Waals surface area contributed by atoms with E-state index in [1.54, 1.807) is 18.7 Å². The number of phenols is 3. The SMILES string of the molecule is CCOC(=O)[C@H]1CSCc2cc(C(C)(C)C)cc(c2O)Cc2cc(C(C)(C)C)cc(c2O)Cc2cc(C(C)(C)C)cc(c2O)CN1. The molecule has 7 heteroatoms. The highest BCUT2D eigenvalue weighted by atomic mass is 32.2. The van der Waals surface area contributed by atoms with Crippen molar-refractivity contribution >= 4 is 17.7 Å². The molecule has 1 aliphatic heterocycles. The summed E-state index contributed by atoms with van der Waals surface area (Å²) in [4.78, 5) is 13.1.